The van der Waals surface area contributed by atoms with Gasteiger partial charge >= 0.3 is 0 Å². The quantitative estimate of drug-likeness (QED) is 0.144. The molecule has 2 nitrogen and oxygen atoms in total. The molecule has 0 fully saturated rings. The van der Waals surface area contributed by atoms with Crippen LogP contribution in [0.3, 0.4) is 0 Å². The second-order valence-corrected chi connectivity index (χ2v) is 20.6. The number of hydrogen-bond acceptors (Lipinski definition) is 2. The number of nitrogens with zero attached hydrogens (tertiary/aromatic N) is 1. The van der Waals surface area contributed by atoms with Crippen LogP contribution in [0.1, 0.15) is 64.7 Å². The van der Waals surface area contributed by atoms with Crippen LogP contribution in [0.25, 0.3) is 21.8 Å². The highest BCUT2D eigenvalue weighted by molar-refractivity contribution is 7.72. The van der Waals surface area contributed by atoms with Crippen molar-refractivity contribution in [2.75, 3.05) is 5.32 Å². The average molecular weight is 703 g/mol. The van der Waals surface area contributed by atoms with Crippen LogP contribution in [0.15, 0.2) is 144 Å². The minimum absolute atomic E-state index is 0.0317. The topological polar surface area (TPSA) is 24.9 Å². The van der Waals surface area contributed by atoms with Crippen LogP contribution < -0.4 is 21.2 Å². The Kier molecular flexibility index (Phi) is 8.99. The van der Waals surface area contributed by atoms with Crippen LogP contribution in [0.5, 0.6) is 0 Å². The standard InChI is InChI=1S/C47H48N2P2/c1-46(2,3)36-23-25-40-42(28-36)50(38-19-9-7-10-20-38)30-34-17-13-15-32-27-33-16-14-18-35(45(33)49-44(32)34)31-51(39-21-11-8-12-22-39)43-29-37(47(4,5)6)24-26-41(43)48-40/h7-25,27-29,41,48H,26,30-31H2,1-6H3. The molecule has 0 spiro atoms. The van der Waals surface area contributed by atoms with E-state index in [9.17, 15) is 0 Å². The van der Waals surface area contributed by atoms with E-state index in [1.54, 1.807) is 0 Å². The zero-order valence-electron chi connectivity index (χ0n) is 30.7. The lowest BCUT2D eigenvalue weighted by Crippen LogP contribution is -2.30. The van der Waals surface area contributed by atoms with E-state index in [-0.39, 0.29) is 16.9 Å². The molecule has 2 aliphatic rings. The Balaban J connectivity index is 1.44. The monoisotopic (exact) mass is 702 g/mol. The summed E-state index contributed by atoms with van der Waals surface area (Å²) in [4.78, 5) is 5.63. The molecule has 0 saturated carbocycles. The van der Waals surface area contributed by atoms with E-state index in [1.165, 1.54) is 60.0 Å². The number of para-hydroxylation sites is 2. The molecule has 1 N–H and O–H groups in total. The van der Waals surface area contributed by atoms with Crippen molar-refractivity contribution in [2.45, 2.75) is 71.7 Å². The van der Waals surface area contributed by atoms with Gasteiger partial charge in [0, 0.05) is 34.1 Å². The highest BCUT2D eigenvalue weighted by Gasteiger charge is 2.32. The van der Waals surface area contributed by atoms with Crippen molar-refractivity contribution in [1.29, 1.82) is 0 Å². The lowest BCUT2D eigenvalue weighted by Gasteiger charge is -2.36. The van der Waals surface area contributed by atoms with Gasteiger partial charge in [0.1, 0.15) is 0 Å². The van der Waals surface area contributed by atoms with E-state index in [0.29, 0.717) is 0 Å². The molecule has 0 saturated heterocycles. The smallest absolute Gasteiger partial charge is 0.0745 e. The van der Waals surface area contributed by atoms with Gasteiger partial charge in [0.2, 0.25) is 0 Å². The van der Waals surface area contributed by atoms with E-state index in [4.69, 9.17) is 4.98 Å². The van der Waals surface area contributed by atoms with Crippen molar-refractivity contribution in [2.24, 2.45) is 5.41 Å². The van der Waals surface area contributed by atoms with Crippen molar-refractivity contribution in [3.8, 4) is 0 Å². The Bertz CT molecular complexity index is 2290. The number of aromatic nitrogens is 1. The summed E-state index contributed by atoms with van der Waals surface area (Å²) in [6, 6.07) is 46.0. The van der Waals surface area contributed by atoms with Gasteiger partial charge in [-0.05, 0) is 89.5 Å². The first kappa shape index (κ1) is 34.0. The number of benzene rings is 5. The van der Waals surface area contributed by atoms with Gasteiger partial charge < -0.3 is 5.32 Å². The van der Waals surface area contributed by atoms with Gasteiger partial charge in [-0.2, -0.15) is 0 Å². The molecule has 5 aromatic carbocycles. The first-order valence-electron chi connectivity index (χ1n) is 18.3. The maximum absolute atomic E-state index is 5.63. The molecule has 3 unspecified atom stereocenters. The zero-order valence-corrected chi connectivity index (χ0v) is 32.5. The fraction of sp³-hybridized carbons (Fsp3) is 0.255. The summed E-state index contributed by atoms with van der Waals surface area (Å²) in [5, 5.41) is 12.5. The summed E-state index contributed by atoms with van der Waals surface area (Å²) in [5.74, 6) is 0. The molecule has 1 aromatic heterocycles. The molecule has 0 radical (unpaired) electrons. The third-order valence-corrected chi connectivity index (χ3v) is 15.7. The molecule has 4 heteroatoms. The van der Waals surface area contributed by atoms with Crippen LogP contribution in [0.4, 0.5) is 5.69 Å². The normalized spacial score (nSPS) is 19.5. The number of anilines is 1. The SMILES string of the molecule is CC(C)(C)C1=CCC2Nc3ccc(C(C)(C)C)cc3P(c3ccccc3)Cc3cccc4cc5cccc(c5nc34)CP(c3ccccc3)C2=C1. The largest absolute Gasteiger partial charge is 0.377 e. The van der Waals surface area contributed by atoms with E-state index < -0.39 is 15.8 Å². The summed E-state index contributed by atoms with van der Waals surface area (Å²) in [7, 11) is -1.50. The Labute approximate surface area is 306 Å². The Morgan fingerprint density at radius 2 is 1.20 bits per heavy atom. The summed E-state index contributed by atoms with van der Waals surface area (Å²) in [6.45, 7) is 14.1. The van der Waals surface area contributed by atoms with E-state index >= 15 is 0 Å². The number of rotatable bonds is 2. The van der Waals surface area contributed by atoms with Crippen LogP contribution in [-0.4, -0.2) is 11.0 Å². The third-order valence-electron chi connectivity index (χ3n) is 10.5. The lowest BCUT2D eigenvalue weighted by molar-refractivity contribution is 0.510. The van der Waals surface area contributed by atoms with Gasteiger partial charge in [0.25, 0.3) is 0 Å². The molecule has 0 amide bonds. The molecule has 51 heavy (non-hydrogen) atoms. The molecule has 1 aliphatic heterocycles. The second-order valence-electron chi connectivity index (χ2n) is 16.2. The van der Waals surface area contributed by atoms with E-state index in [2.05, 4.69) is 180 Å². The van der Waals surface area contributed by atoms with Crippen molar-refractivity contribution >= 4 is 59.3 Å². The van der Waals surface area contributed by atoms with Crippen LogP contribution >= 0.6 is 15.8 Å². The molecule has 6 aromatic rings. The summed E-state index contributed by atoms with van der Waals surface area (Å²) in [6.07, 6.45) is 7.91. The predicted octanol–water partition coefficient (Wildman–Crippen LogP) is 11.7. The minimum Gasteiger partial charge on any atom is -0.377 e. The first-order chi connectivity index (χ1) is 24.5. The van der Waals surface area contributed by atoms with Gasteiger partial charge in [-0.15, -0.1) is 0 Å². The molecule has 8 rings (SSSR count). The molecule has 2 heterocycles. The number of nitrogens with one attached hydrogen (secondary N) is 1. The number of fused-ring (bicyclic) bond motifs is 2. The van der Waals surface area contributed by atoms with Crippen LogP contribution in [0, 0.1) is 5.41 Å². The Hall–Kier alpha value is -4.09. The van der Waals surface area contributed by atoms with Crippen molar-refractivity contribution in [1.82, 2.24) is 4.98 Å². The fourth-order valence-corrected chi connectivity index (χ4v) is 12.7. The molecule has 2 bridgehead atoms. The lowest BCUT2D eigenvalue weighted by atomic mass is 9.82. The summed E-state index contributed by atoms with van der Waals surface area (Å²) >= 11 is 0. The molecule has 3 atom stereocenters. The Morgan fingerprint density at radius 1 is 0.608 bits per heavy atom. The second kappa shape index (κ2) is 13.5. The summed E-state index contributed by atoms with van der Waals surface area (Å²) in [5.41, 5.74) is 9.10. The molecule has 1 aliphatic carbocycles. The van der Waals surface area contributed by atoms with Gasteiger partial charge in [-0.25, -0.2) is 4.98 Å². The maximum atomic E-state index is 5.63. The van der Waals surface area contributed by atoms with Crippen LogP contribution in [-0.2, 0) is 17.7 Å². The average Bonchev–Trinajstić information content (AvgIpc) is 3.12. The highest BCUT2D eigenvalue weighted by Crippen LogP contribution is 2.54. The number of pyridine rings is 1. The van der Waals surface area contributed by atoms with E-state index in [0.717, 1.165) is 29.8 Å². The first-order valence-corrected chi connectivity index (χ1v) is 21.4. The molecule has 256 valence electrons. The van der Waals surface area contributed by atoms with Crippen molar-refractivity contribution in [3.63, 3.8) is 0 Å². The molecular weight excluding hydrogens is 654 g/mol. The Morgan fingerprint density at radius 3 is 1.78 bits per heavy atom. The van der Waals surface area contributed by atoms with E-state index in [1.807, 2.05) is 0 Å². The predicted molar refractivity (Wildman–Crippen MR) is 225 cm³/mol. The number of hydrogen-bond donors (Lipinski definition) is 1. The molecular formula is C47H48N2P2. The van der Waals surface area contributed by atoms with Gasteiger partial charge in [-0.3, -0.25) is 0 Å². The summed E-state index contributed by atoms with van der Waals surface area (Å²) < 4.78 is 0. The third kappa shape index (κ3) is 6.82. The minimum atomic E-state index is -0.773. The van der Waals surface area contributed by atoms with Gasteiger partial charge in [0.15, 0.2) is 0 Å². The maximum Gasteiger partial charge on any atom is 0.0745 e. The van der Waals surface area contributed by atoms with Crippen LogP contribution in [0.2, 0.25) is 0 Å². The van der Waals surface area contributed by atoms with Gasteiger partial charge in [-0.1, -0.05) is 157 Å². The fourth-order valence-electron chi connectivity index (χ4n) is 7.60. The highest BCUT2D eigenvalue weighted by atomic mass is 31.1. The zero-order chi connectivity index (χ0) is 35.3. The van der Waals surface area contributed by atoms with Crippen molar-refractivity contribution in [3.05, 3.63) is 161 Å². The number of allylic oxidation sites excluding steroid dienone is 2. The van der Waals surface area contributed by atoms with Crippen molar-refractivity contribution < 1.29 is 0 Å². The van der Waals surface area contributed by atoms with Gasteiger partial charge in [0.05, 0.1) is 17.1 Å².